The third-order valence-electron chi connectivity index (χ3n) is 3.87. The molecule has 74 valence electrons. The number of carbonyl (C=O) groups excluding carboxylic acids is 1. The van der Waals surface area contributed by atoms with Crippen molar-refractivity contribution < 1.29 is 9.53 Å². The van der Waals surface area contributed by atoms with Crippen LogP contribution in [0.25, 0.3) is 0 Å². The van der Waals surface area contributed by atoms with Gasteiger partial charge in [0.05, 0.1) is 12.5 Å². The van der Waals surface area contributed by atoms with Crippen molar-refractivity contribution in [3.63, 3.8) is 0 Å². The van der Waals surface area contributed by atoms with Crippen LogP contribution >= 0.6 is 0 Å². The smallest absolute Gasteiger partial charge is 0.309 e. The SMILES string of the molecule is CCOC(=O)C1C2CCCCC21C. The van der Waals surface area contributed by atoms with Crippen LogP contribution in [-0.4, -0.2) is 12.6 Å². The number of hydrogen-bond acceptors (Lipinski definition) is 2. The molecule has 2 rings (SSSR count). The molecule has 0 amide bonds. The second-order valence-corrected chi connectivity index (χ2v) is 4.59. The van der Waals surface area contributed by atoms with Crippen molar-refractivity contribution in [2.24, 2.45) is 17.3 Å². The first-order valence-corrected chi connectivity index (χ1v) is 5.37. The molecule has 0 saturated heterocycles. The van der Waals surface area contributed by atoms with E-state index in [0.29, 0.717) is 17.9 Å². The van der Waals surface area contributed by atoms with Gasteiger partial charge in [0.1, 0.15) is 0 Å². The quantitative estimate of drug-likeness (QED) is 0.613. The topological polar surface area (TPSA) is 26.3 Å². The van der Waals surface area contributed by atoms with E-state index in [-0.39, 0.29) is 11.9 Å². The summed E-state index contributed by atoms with van der Waals surface area (Å²) in [5.41, 5.74) is 0.310. The lowest BCUT2D eigenvalue weighted by Crippen LogP contribution is -2.11. The molecule has 0 aromatic rings. The van der Waals surface area contributed by atoms with Gasteiger partial charge in [-0.2, -0.15) is 0 Å². The van der Waals surface area contributed by atoms with Crippen LogP contribution in [0, 0.1) is 17.3 Å². The Bertz CT molecular complexity index is 224. The number of carbonyl (C=O) groups is 1. The van der Waals surface area contributed by atoms with Crippen LogP contribution < -0.4 is 0 Å². The van der Waals surface area contributed by atoms with Gasteiger partial charge in [0.25, 0.3) is 0 Å². The van der Waals surface area contributed by atoms with Crippen molar-refractivity contribution in [3.8, 4) is 0 Å². The van der Waals surface area contributed by atoms with Crippen LogP contribution in [0.1, 0.15) is 39.5 Å². The molecule has 2 saturated carbocycles. The Labute approximate surface area is 79.7 Å². The van der Waals surface area contributed by atoms with E-state index in [4.69, 9.17) is 4.74 Å². The predicted molar refractivity (Wildman–Crippen MR) is 50.2 cm³/mol. The third kappa shape index (κ3) is 1.27. The fraction of sp³-hybridized carbons (Fsp3) is 0.909. The van der Waals surface area contributed by atoms with E-state index in [1.165, 1.54) is 25.7 Å². The van der Waals surface area contributed by atoms with Crippen LogP contribution in [0.15, 0.2) is 0 Å². The Kier molecular flexibility index (Phi) is 2.09. The number of ether oxygens (including phenoxy) is 1. The van der Waals surface area contributed by atoms with Crippen LogP contribution in [0.5, 0.6) is 0 Å². The summed E-state index contributed by atoms with van der Waals surface area (Å²) in [4.78, 5) is 11.6. The fourth-order valence-corrected chi connectivity index (χ4v) is 3.03. The molecule has 0 spiro atoms. The van der Waals surface area contributed by atoms with Crippen molar-refractivity contribution in [2.45, 2.75) is 39.5 Å². The van der Waals surface area contributed by atoms with E-state index in [2.05, 4.69) is 6.92 Å². The lowest BCUT2D eigenvalue weighted by molar-refractivity contribution is -0.145. The molecule has 2 aliphatic rings. The minimum atomic E-state index is 0.0527. The van der Waals surface area contributed by atoms with Gasteiger partial charge in [-0.3, -0.25) is 4.79 Å². The number of fused-ring (bicyclic) bond motifs is 1. The van der Waals surface area contributed by atoms with Gasteiger partial charge in [0.2, 0.25) is 0 Å². The van der Waals surface area contributed by atoms with E-state index in [1.807, 2.05) is 6.92 Å². The van der Waals surface area contributed by atoms with Gasteiger partial charge in [-0.1, -0.05) is 19.8 Å². The van der Waals surface area contributed by atoms with Crippen LogP contribution in [0.3, 0.4) is 0 Å². The molecule has 2 aliphatic carbocycles. The molecule has 13 heavy (non-hydrogen) atoms. The molecule has 0 bridgehead atoms. The Balaban J connectivity index is 1.99. The van der Waals surface area contributed by atoms with E-state index >= 15 is 0 Å². The molecule has 2 fully saturated rings. The highest BCUT2D eigenvalue weighted by atomic mass is 16.5. The van der Waals surface area contributed by atoms with Gasteiger partial charge in [0, 0.05) is 0 Å². The molecule has 0 aromatic carbocycles. The highest BCUT2D eigenvalue weighted by molar-refractivity contribution is 5.77. The second kappa shape index (κ2) is 3.00. The van der Waals surface area contributed by atoms with Gasteiger partial charge < -0.3 is 4.74 Å². The summed E-state index contributed by atoms with van der Waals surface area (Å²) in [6.07, 6.45) is 5.06. The molecule has 2 heteroatoms. The largest absolute Gasteiger partial charge is 0.466 e. The van der Waals surface area contributed by atoms with E-state index in [0.717, 1.165) is 0 Å². The number of esters is 1. The minimum Gasteiger partial charge on any atom is -0.466 e. The molecule has 0 heterocycles. The van der Waals surface area contributed by atoms with Crippen molar-refractivity contribution in [1.29, 1.82) is 0 Å². The van der Waals surface area contributed by atoms with Crippen LogP contribution in [0.4, 0.5) is 0 Å². The van der Waals surface area contributed by atoms with Gasteiger partial charge in [-0.25, -0.2) is 0 Å². The zero-order valence-corrected chi connectivity index (χ0v) is 8.51. The summed E-state index contributed by atoms with van der Waals surface area (Å²) >= 11 is 0. The first-order valence-electron chi connectivity index (χ1n) is 5.37. The number of hydrogen-bond donors (Lipinski definition) is 0. The van der Waals surface area contributed by atoms with Crippen molar-refractivity contribution in [3.05, 3.63) is 0 Å². The summed E-state index contributed by atoms with van der Waals surface area (Å²) < 4.78 is 5.08. The molecule has 3 atom stereocenters. The number of rotatable bonds is 2. The van der Waals surface area contributed by atoms with Crippen molar-refractivity contribution in [1.82, 2.24) is 0 Å². The van der Waals surface area contributed by atoms with Gasteiger partial charge in [0.15, 0.2) is 0 Å². The van der Waals surface area contributed by atoms with Gasteiger partial charge >= 0.3 is 5.97 Å². The first kappa shape index (κ1) is 9.04. The maximum Gasteiger partial charge on any atom is 0.309 e. The molecule has 0 radical (unpaired) electrons. The lowest BCUT2D eigenvalue weighted by Gasteiger charge is -2.15. The summed E-state index contributed by atoms with van der Waals surface area (Å²) in [6, 6.07) is 0. The highest BCUT2D eigenvalue weighted by Crippen LogP contribution is 2.66. The molecular formula is C11H18O2. The third-order valence-corrected chi connectivity index (χ3v) is 3.87. The highest BCUT2D eigenvalue weighted by Gasteiger charge is 2.65. The minimum absolute atomic E-state index is 0.0527. The first-order chi connectivity index (χ1) is 6.20. The zero-order chi connectivity index (χ0) is 9.47. The Morgan fingerprint density at radius 2 is 2.31 bits per heavy atom. The normalized spacial score (nSPS) is 42.3. The molecule has 3 unspecified atom stereocenters. The Morgan fingerprint density at radius 1 is 1.54 bits per heavy atom. The van der Waals surface area contributed by atoms with Gasteiger partial charge in [-0.05, 0) is 31.1 Å². The average Bonchev–Trinajstić information content (AvgIpc) is 2.71. The predicted octanol–water partition coefficient (Wildman–Crippen LogP) is 2.38. The van der Waals surface area contributed by atoms with E-state index in [1.54, 1.807) is 0 Å². The molecular weight excluding hydrogens is 164 g/mol. The summed E-state index contributed by atoms with van der Waals surface area (Å²) in [5, 5.41) is 0. The summed E-state index contributed by atoms with van der Waals surface area (Å²) in [5.74, 6) is 0.923. The van der Waals surface area contributed by atoms with Gasteiger partial charge in [-0.15, -0.1) is 0 Å². The van der Waals surface area contributed by atoms with Crippen LogP contribution in [-0.2, 0) is 9.53 Å². The lowest BCUT2D eigenvalue weighted by atomic mass is 9.90. The standard InChI is InChI=1S/C11H18O2/c1-3-13-10(12)9-8-6-4-5-7-11(8,9)2/h8-9H,3-7H2,1-2H3. The maximum absolute atomic E-state index is 11.6. The van der Waals surface area contributed by atoms with E-state index in [9.17, 15) is 4.79 Å². The van der Waals surface area contributed by atoms with Crippen LogP contribution in [0.2, 0.25) is 0 Å². The molecule has 0 aromatic heterocycles. The van der Waals surface area contributed by atoms with Crippen molar-refractivity contribution in [2.75, 3.05) is 6.61 Å². The Morgan fingerprint density at radius 3 is 2.85 bits per heavy atom. The molecule has 2 nitrogen and oxygen atoms in total. The maximum atomic E-state index is 11.6. The second-order valence-electron chi connectivity index (χ2n) is 4.59. The molecule has 0 aliphatic heterocycles. The summed E-state index contributed by atoms with van der Waals surface area (Å²) in [7, 11) is 0. The zero-order valence-electron chi connectivity index (χ0n) is 8.51. The monoisotopic (exact) mass is 182 g/mol. The molecule has 0 N–H and O–H groups in total. The fourth-order valence-electron chi connectivity index (χ4n) is 3.03. The average molecular weight is 182 g/mol. The Hall–Kier alpha value is -0.530. The van der Waals surface area contributed by atoms with E-state index < -0.39 is 0 Å². The van der Waals surface area contributed by atoms with Crippen molar-refractivity contribution >= 4 is 5.97 Å². The summed E-state index contributed by atoms with van der Waals surface area (Å²) in [6.45, 7) is 4.66.